The highest BCUT2D eigenvalue weighted by atomic mass is 32.2. The topological polar surface area (TPSA) is 92.8 Å². The lowest BCUT2D eigenvalue weighted by atomic mass is 9.86. The summed E-state index contributed by atoms with van der Waals surface area (Å²) in [5, 5.41) is 0. The van der Waals surface area contributed by atoms with Crippen LogP contribution in [0.4, 0.5) is 10.1 Å². The molecule has 2 heterocycles. The van der Waals surface area contributed by atoms with Crippen LogP contribution in [0.5, 0.6) is 0 Å². The van der Waals surface area contributed by atoms with Crippen LogP contribution in [0.3, 0.4) is 0 Å². The number of carbonyl (C=O) groups is 1. The van der Waals surface area contributed by atoms with Crippen LogP contribution >= 0.6 is 0 Å². The molecule has 0 spiro atoms. The van der Waals surface area contributed by atoms with Gasteiger partial charge in [-0.1, -0.05) is 42.5 Å². The van der Waals surface area contributed by atoms with Crippen molar-refractivity contribution in [1.29, 1.82) is 0 Å². The normalized spacial score (nSPS) is 23.4. The fourth-order valence-corrected chi connectivity index (χ4v) is 6.94. The van der Waals surface area contributed by atoms with Gasteiger partial charge >= 0.3 is 0 Å². The molecule has 1 unspecified atom stereocenters. The van der Waals surface area contributed by atoms with Crippen LogP contribution in [0.2, 0.25) is 0 Å². The zero-order valence-electron chi connectivity index (χ0n) is 24.8. The summed E-state index contributed by atoms with van der Waals surface area (Å²) in [6, 6.07) is 23.4. The summed E-state index contributed by atoms with van der Waals surface area (Å²) in [6.07, 6.45) is 5.10. The van der Waals surface area contributed by atoms with Crippen molar-refractivity contribution in [3.05, 3.63) is 108 Å². The van der Waals surface area contributed by atoms with Gasteiger partial charge in [0.05, 0.1) is 42.0 Å². The van der Waals surface area contributed by atoms with Crippen molar-refractivity contribution in [3.63, 3.8) is 0 Å². The van der Waals surface area contributed by atoms with Gasteiger partial charge in [0, 0.05) is 55.8 Å². The van der Waals surface area contributed by atoms with Crippen LogP contribution in [0.15, 0.2) is 101 Å². The van der Waals surface area contributed by atoms with Gasteiger partial charge in [-0.25, -0.2) is 12.8 Å². The van der Waals surface area contributed by atoms with E-state index in [0.29, 0.717) is 35.0 Å². The molecule has 2 saturated heterocycles. The van der Waals surface area contributed by atoms with Crippen LogP contribution in [-0.2, 0) is 21.2 Å². The maximum Gasteiger partial charge on any atom is 0.257 e. The first kappa shape index (κ1) is 30.6. The summed E-state index contributed by atoms with van der Waals surface area (Å²) in [4.78, 5) is 21.0. The lowest BCUT2D eigenvalue weighted by molar-refractivity contribution is -0.927. The van der Waals surface area contributed by atoms with Gasteiger partial charge in [-0.2, -0.15) is 0 Å². The molecular formula is C34H40FN4O3S+. The Morgan fingerprint density at radius 1 is 1.00 bits per heavy atom. The van der Waals surface area contributed by atoms with E-state index in [1.54, 1.807) is 24.3 Å². The van der Waals surface area contributed by atoms with E-state index in [4.69, 9.17) is 10.7 Å². The van der Waals surface area contributed by atoms with Crippen molar-refractivity contribution in [1.82, 2.24) is 4.90 Å². The number of likely N-dealkylation sites (tertiary alicyclic amines) is 2. The summed E-state index contributed by atoms with van der Waals surface area (Å²) >= 11 is 0. The molecule has 9 heteroatoms. The number of rotatable bonds is 8. The van der Waals surface area contributed by atoms with E-state index >= 15 is 0 Å². The molecule has 7 nitrogen and oxygen atoms in total. The lowest BCUT2D eigenvalue weighted by Crippen LogP contribution is -2.50. The number of nitrogens with zero attached hydrogens (tertiary/aromatic N) is 3. The number of amides is 1. The largest absolute Gasteiger partial charge is 0.404 e. The summed E-state index contributed by atoms with van der Waals surface area (Å²) in [5.74, 6) is -0.169. The first-order chi connectivity index (χ1) is 20.5. The summed E-state index contributed by atoms with van der Waals surface area (Å²) < 4.78 is 38.2. The number of aliphatic imine (C=N–C) groups is 1. The number of benzene rings is 3. The number of quaternary nitrogens is 1. The van der Waals surface area contributed by atoms with Crippen molar-refractivity contribution in [3.8, 4) is 0 Å². The molecule has 1 amide bonds. The summed E-state index contributed by atoms with van der Waals surface area (Å²) in [5.41, 5.74) is 10.1. The predicted molar refractivity (Wildman–Crippen MR) is 168 cm³/mol. The molecule has 2 aliphatic heterocycles. The zero-order chi connectivity index (χ0) is 30.6. The summed E-state index contributed by atoms with van der Waals surface area (Å²) in [7, 11) is -1.04. The van der Waals surface area contributed by atoms with Crippen LogP contribution in [0, 0.1) is 11.7 Å². The molecule has 5 rings (SSSR count). The average Bonchev–Trinajstić information content (AvgIpc) is 3.49. The number of hydrogen-bond donors (Lipinski definition) is 1. The van der Waals surface area contributed by atoms with Crippen LogP contribution in [0.25, 0.3) is 0 Å². The fourth-order valence-electron chi connectivity index (χ4n) is 6.31. The Kier molecular flexibility index (Phi) is 9.13. The Hall–Kier alpha value is -3.82. The maximum absolute atomic E-state index is 13.9. The second kappa shape index (κ2) is 12.8. The zero-order valence-corrected chi connectivity index (χ0v) is 25.6. The third kappa shape index (κ3) is 7.40. The van der Waals surface area contributed by atoms with Crippen LogP contribution < -0.4 is 5.73 Å². The van der Waals surface area contributed by atoms with Gasteiger partial charge in [0.25, 0.3) is 5.91 Å². The highest BCUT2D eigenvalue weighted by Gasteiger charge is 2.37. The molecule has 0 aliphatic carbocycles. The van der Waals surface area contributed by atoms with E-state index in [-0.39, 0.29) is 23.6 Å². The van der Waals surface area contributed by atoms with Crippen LogP contribution in [0.1, 0.15) is 36.3 Å². The standard InChI is InChI=1S/C34H39FN4O3S/c1-39(24-25-8-14-31(15-9-25)43(2,41)42)20-17-27(18-21-39)33(37-30-12-10-29(35)11-13-30)32(22-36)34(40)38-19-16-28(23-38)26-6-4-3-5-7-26/h3-15,22,27-28H,16-21,23-24H2,1-2H3,(H-,36,37,40)/p+1. The van der Waals surface area contributed by atoms with Gasteiger partial charge in [-0.05, 0) is 48.4 Å². The van der Waals surface area contributed by atoms with Gasteiger partial charge in [0.15, 0.2) is 9.84 Å². The second-order valence-electron chi connectivity index (χ2n) is 12.1. The molecule has 0 radical (unpaired) electrons. The molecule has 226 valence electrons. The molecule has 43 heavy (non-hydrogen) atoms. The minimum atomic E-state index is -3.24. The molecule has 1 atom stereocenters. The lowest BCUT2D eigenvalue weighted by Gasteiger charge is -2.41. The molecular weight excluding hydrogens is 563 g/mol. The highest BCUT2D eigenvalue weighted by Crippen LogP contribution is 2.32. The number of hydrogen-bond acceptors (Lipinski definition) is 5. The molecule has 0 bridgehead atoms. The Morgan fingerprint density at radius 2 is 1.65 bits per heavy atom. The Morgan fingerprint density at radius 3 is 2.26 bits per heavy atom. The van der Waals surface area contributed by atoms with E-state index in [2.05, 4.69) is 19.2 Å². The third-order valence-electron chi connectivity index (χ3n) is 8.83. The summed E-state index contributed by atoms with van der Waals surface area (Å²) in [6.45, 7) is 3.76. The molecule has 0 aromatic heterocycles. The van der Waals surface area contributed by atoms with E-state index < -0.39 is 9.84 Å². The quantitative estimate of drug-likeness (QED) is 0.217. The number of sulfone groups is 1. The number of piperidine rings is 1. The monoisotopic (exact) mass is 603 g/mol. The number of carbonyl (C=O) groups excluding carboxylic acids is 1. The van der Waals surface area contributed by atoms with Crippen molar-refractivity contribution in [2.75, 3.05) is 39.5 Å². The maximum atomic E-state index is 13.9. The fraction of sp³-hybridized carbons (Fsp3) is 0.353. The van der Waals surface area contributed by atoms with E-state index in [9.17, 15) is 17.6 Å². The predicted octanol–water partition coefficient (Wildman–Crippen LogP) is 5.22. The molecule has 3 aromatic carbocycles. The Bertz CT molecular complexity index is 1600. The highest BCUT2D eigenvalue weighted by molar-refractivity contribution is 7.90. The van der Waals surface area contributed by atoms with Crippen LogP contribution in [-0.4, -0.2) is 68.9 Å². The van der Waals surface area contributed by atoms with Gasteiger partial charge in [0.1, 0.15) is 12.4 Å². The molecule has 2 aliphatic rings. The average molecular weight is 604 g/mol. The minimum Gasteiger partial charge on any atom is -0.404 e. The van der Waals surface area contributed by atoms with Crippen molar-refractivity contribution < 1.29 is 22.1 Å². The van der Waals surface area contributed by atoms with Gasteiger partial charge < -0.3 is 15.1 Å². The van der Waals surface area contributed by atoms with E-state index in [0.717, 1.165) is 48.9 Å². The SMILES string of the molecule is C[N+]1(Cc2ccc(S(C)(=O)=O)cc2)CCC(C(=Nc2ccc(F)cc2)C(=CN)C(=O)N2CCC(c3ccccc3)C2)CC1. The smallest absolute Gasteiger partial charge is 0.257 e. The first-order valence-electron chi connectivity index (χ1n) is 14.8. The van der Waals surface area contributed by atoms with Crippen molar-refractivity contribution >= 4 is 27.1 Å². The van der Waals surface area contributed by atoms with Gasteiger partial charge in [-0.3, -0.25) is 9.79 Å². The number of nitrogens with two attached hydrogens (primary N) is 1. The third-order valence-corrected chi connectivity index (χ3v) is 9.96. The Balaban J connectivity index is 1.34. The Labute approximate surface area is 254 Å². The van der Waals surface area contributed by atoms with Gasteiger partial charge in [-0.15, -0.1) is 0 Å². The molecule has 2 N–H and O–H groups in total. The van der Waals surface area contributed by atoms with Crippen molar-refractivity contribution in [2.45, 2.75) is 36.6 Å². The van der Waals surface area contributed by atoms with E-state index in [1.807, 2.05) is 35.2 Å². The van der Waals surface area contributed by atoms with Crippen molar-refractivity contribution in [2.24, 2.45) is 16.6 Å². The first-order valence-corrected chi connectivity index (χ1v) is 16.7. The molecule has 2 fully saturated rings. The molecule has 3 aromatic rings. The minimum absolute atomic E-state index is 0.00939. The van der Waals surface area contributed by atoms with Gasteiger partial charge in [0.2, 0.25) is 0 Å². The second-order valence-corrected chi connectivity index (χ2v) is 14.1. The number of halogens is 1. The molecule has 0 saturated carbocycles. The van der Waals surface area contributed by atoms with E-state index in [1.165, 1.54) is 30.2 Å².